The molecule has 0 spiro atoms. The zero-order valence-corrected chi connectivity index (χ0v) is 11.6. The maximum atomic E-state index is 11.7. The van der Waals surface area contributed by atoms with E-state index in [1.165, 1.54) is 13.0 Å². The first-order valence-electron chi connectivity index (χ1n) is 4.82. The van der Waals surface area contributed by atoms with E-state index in [0.29, 0.717) is 10.6 Å². The molecule has 2 N–H and O–H groups in total. The third-order valence-electron chi connectivity index (χ3n) is 2.19. The number of amides is 1. The summed E-state index contributed by atoms with van der Waals surface area (Å²) in [5.41, 5.74) is 1.15. The number of aryl methyl sites for hydroxylation is 1. The fourth-order valence-electron chi connectivity index (χ4n) is 1.20. The maximum Gasteiger partial charge on any atom is 0.325 e. The van der Waals surface area contributed by atoms with Gasteiger partial charge in [0, 0.05) is 10.0 Å². The lowest BCUT2D eigenvalue weighted by atomic mass is 10.1. The first-order valence-corrected chi connectivity index (χ1v) is 5.99. The van der Waals surface area contributed by atoms with Gasteiger partial charge >= 0.3 is 5.97 Å². The summed E-state index contributed by atoms with van der Waals surface area (Å²) >= 11 is 9.20. The van der Waals surface area contributed by atoms with Crippen molar-refractivity contribution in [3.63, 3.8) is 0 Å². The highest BCUT2D eigenvalue weighted by atomic mass is 79.9. The zero-order chi connectivity index (χ0) is 13.2. The summed E-state index contributed by atoms with van der Waals surface area (Å²) in [6, 6.07) is 2.19. The Labute approximate surface area is 112 Å². The predicted octanol–water partition coefficient (Wildman–Crippen LogP) is 2.61. The van der Waals surface area contributed by atoms with E-state index >= 15 is 0 Å². The lowest BCUT2D eigenvalue weighted by Crippen LogP contribution is -2.38. The van der Waals surface area contributed by atoms with Crippen LogP contribution in [0.15, 0.2) is 16.6 Å². The van der Waals surface area contributed by atoms with Crippen LogP contribution < -0.4 is 5.32 Å². The van der Waals surface area contributed by atoms with Crippen molar-refractivity contribution in [3.8, 4) is 0 Å². The standard InChI is InChI=1S/C11H11BrClNO3/c1-5-3-7(4-8(13)9(5)12)10(15)14-6(2)11(16)17/h3-4,6H,1-2H3,(H,14,15)(H,16,17). The number of halogens is 2. The van der Waals surface area contributed by atoms with E-state index in [1.807, 2.05) is 0 Å². The summed E-state index contributed by atoms with van der Waals surface area (Å²) in [6.45, 7) is 3.20. The molecule has 0 aromatic heterocycles. The molecule has 6 heteroatoms. The van der Waals surface area contributed by atoms with Gasteiger partial charge in [0.15, 0.2) is 0 Å². The van der Waals surface area contributed by atoms with Crippen LogP contribution in [0.2, 0.25) is 5.02 Å². The van der Waals surface area contributed by atoms with Crippen LogP contribution in [0.3, 0.4) is 0 Å². The first kappa shape index (κ1) is 14.0. The number of carbonyl (C=O) groups is 2. The van der Waals surface area contributed by atoms with Gasteiger partial charge in [-0.15, -0.1) is 0 Å². The number of hydrogen-bond donors (Lipinski definition) is 2. The van der Waals surface area contributed by atoms with Crippen molar-refractivity contribution in [1.82, 2.24) is 5.32 Å². The Kier molecular flexibility index (Phi) is 4.54. The molecule has 0 aliphatic heterocycles. The van der Waals surface area contributed by atoms with Crippen LogP contribution in [-0.2, 0) is 4.79 Å². The van der Waals surface area contributed by atoms with Crippen LogP contribution in [0.5, 0.6) is 0 Å². The molecule has 0 fully saturated rings. The molecule has 1 amide bonds. The Morgan fingerprint density at radius 2 is 2.06 bits per heavy atom. The first-order chi connectivity index (χ1) is 7.82. The Balaban J connectivity index is 2.94. The molecule has 1 atom stereocenters. The monoisotopic (exact) mass is 319 g/mol. The smallest absolute Gasteiger partial charge is 0.325 e. The van der Waals surface area contributed by atoms with Gasteiger partial charge < -0.3 is 10.4 Å². The van der Waals surface area contributed by atoms with Crippen molar-refractivity contribution in [1.29, 1.82) is 0 Å². The number of carboxylic acids is 1. The van der Waals surface area contributed by atoms with Crippen molar-refractivity contribution in [2.75, 3.05) is 0 Å². The summed E-state index contributed by atoms with van der Waals surface area (Å²) < 4.78 is 0.724. The predicted molar refractivity (Wildman–Crippen MR) is 68.5 cm³/mol. The van der Waals surface area contributed by atoms with E-state index in [9.17, 15) is 9.59 Å². The van der Waals surface area contributed by atoms with E-state index in [0.717, 1.165) is 10.0 Å². The molecule has 0 bridgehead atoms. The Morgan fingerprint density at radius 3 is 2.53 bits per heavy atom. The van der Waals surface area contributed by atoms with Crippen LogP contribution in [0.4, 0.5) is 0 Å². The largest absolute Gasteiger partial charge is 0.480 e. The van der Waals surface area contributed by atoms with Crippen molar-refractivity contribution >= 4 is 39.4 Å². The van der Waals surface area contributed by atoms with E-state index < -0.39 is 17.9 Å². The van der Waals surface area contributed by atoms with Crippen molar-refractivity contribution in [2.24, 2.45) is 0 Å². The molecule has 1 unspecified atom stereocenters. The van der Waals surface area contributed by atoms with Crippen molar-refractivity contribution in [3.05, 3.63) is 32.8 Å². The molecule has 0 saturated heterocycles. The molecule has 0 radical (unpaired) electrons. The number of hydrogen-bond acceptors (Lipinski definition) is 2. The summed E-state index contributed by atoms with van der Waals surface area (Å²) in [6.07, 6.45) is 0. The molecule has 1 aromatic rings. The highest BCUT2D eigenvalue weighted by molar-refractivity contribution is 9.10. The number of carboxylic acid groups (broad SMARTS) is 1. The average Bonchev–Trinajstić information content (AvgIpc) is 2.24. The van der Waals surface area contributed by atoms with Crippen LogP contribution in [0, 0.1) is 6.92 Å². The van der Waals surface area contributed by atoms with Crippen LogP contribution in [0.1, 0.15) is 22.8 Å². The Morgan fingerprint density at radius 1 is 1.47 bits per heavy atom. The topological polar surface area (TPSA) is 66.4 Å². The fraction of sp³-hybridized carbons (Fsp3) is 0.273. The lowest BCUT2D eigenvalue weighted by Gasteiger charge is -2.10. The summed E-state index contributed by atoms with van der Waals surface area (Å²) in [5, 5.41) is 11.5. The Hall–Kier alpha value is -1.07. The SMILES string of the molecule is Cc1cc(C(=O)NC(C)C(=O)O)cc(Cl)c1Br. The molecule has 0 saturated carbocycles. The van der Waals surface area contributed by atoms with Gasteiger partial charge in [-0.1, -0.05) is 11.6 Å². The fourth-order valence-corrected chi connectivity index (χ4v) is 1.69. The molecular weight excluding hydrogens is 309 g/mol. The van der Waals surface area contributed by atoms with Gasteiger partial charge in [0.2, 0.25) is 0 Å². The minimum atomic E-state index is -1.08. The van der Waals surface area contributed by atoms with E-state index in [2.05, 4.69) is 21.2 Å². The number of rotatable bonds is 3. The number of nitrogens with one attached hydrogen (secondary N) is 1. The van der Waals surface area contributed by atoms with Gasteiger partial charge in [0.05, 0.1) is 5.02 Å². The van der Waals surface area contributed by atoms with Gasteiger partial charge in [-0.25, -0.2) is 0 Å². The highest BCUT2D eigenvalue weighted by Gasteiger charge is 2.16. The minimum Gasteiger partial charge on any atom is -0.480 e. The molecule has 4 nitrogen and oxygen atoms in total. The molecule has 92 valence electrons. The molecule has 0 aliphatic carbocycles. The second-order valence-electron chi connectivity index (χ2n) is 3.62. The van der Waals surface area contributed by atoms with Gasteiger partial charge in [-0.3, -0.25) is 9.59 Å². The van der Waals surface area contributed by atoms with Gasteiger partial charge in [0.25, 0.3) is 5.91 Å². The average molecular weight is 321 g/mol. The second-order valence-corrected chi connectivity index (χ2v) is 4.82. The van der Waals surface area contributed by atoms with E-state index in [1.54, 1.807) is 13.0 Å². The summed E-state index contributed by atoms with van der Waals surface area (Å²) in [4.78, 5) is 22.3. The van der Waals surface area contributed by atoms with Crippen LogP contribution in [0.25, 0.3) is 0 Å². The van der Waals surface area contributed by atoms with Crippen molar-refractivity contribution in [2.45, 2.75) is 19.9 Å². The molecule has 0 aliphatic rings. The number of aliphatic carboxylic acids is 1. The minimum absolute atomic E-state index is 0.337. The van der Waals surface area contributed by atoms with Crippen LogP contribution in [-0.4, -0.2) is 23.0 Å². The third-order valence-corrected chi connectivity index (χ3v) is 3.77. The molecule has 17 heavy (non-hydrogen) atoms. The summed E-state index contributed by atoms with van der Waals surface area (Å²) in [5.74, 6) is -1.55. The van der Waals surface area contributed by atoms with Gasteiger partial charge in [-0.05, 0) is 47.5 Å². The van der Waals surface area contributed by atoms with Gasteiger partial charge in [0.1, 0.15) is 6.04 Å². The molecule has 0 heterocycles. The Bertz CT molecular complexity index is 453. The molecule has 1 aromatic carbocycles. The quantitative estimate of drug-likeness (QED) is 0.899. The van der Waals surface area contributed by atoms with E-state index in [4.69, 9.17) is 16.7 Å². The van der Waals surface area contributed by atoms with Gasteiger partial charge in [-0.2, -0.15) is 0 Å². The highest BCUT2D eigenvalue weighted by Crippen LogP contribution is 2.27. The van der Waals surface area contributed by atoms with E-state index in [-0.39, 0.29) is 0 Å². The van der Waals surface area contributed by atoms with Crippen molar-refractivity contribution < 1.29 is 14.7 Å². The number of benzene rings is 1. The zero-order valence-electron chi connectivity index (χ0n) is 9.25. The third kappa shape index (κ3) is 3.44. The normalized spacial score (nSPS) is 12.0. The summed E-state index contributed by atoms with van der Waals surface area (Å²) in [7, 11) is 0. The second kappa shape index (κ2) is 5.51. The van der Waals surface area contributed by atoms with Crippen LogP contribution >= 0.6 is 27.5 Å². The molecule has 1 rings (SSSR count). The number of carbonyl (C=O) groups excluding carboxylic acids is 1. The maximum absolute atomic E-state index is 11.7. The lowest BCUT2D eigenvalue weighted by molar-refractivity contribution is -0.138. The molecular formula is C11H11BrClNO3.